The van der Waals surface area contributed by atoms with Gasteiger partial charge in [0.15, 0.2) is 0 Å². The van der Waals surface area contributed by atoms with E-state index in [0.29, 0.717) is 0 Å². The first-order valence-corrected chi connectivity index (χ1v) is 4.59. The molecule has 0 spiro atoms. The predicted molar refractivity (Wildman–Crippen MR) is 45.3 cm³/mol. The van der Waals surface area contributed by atoms with Crippen molar-refractivity contribution in [2.24, 2.45) is 0 Å². The van der Waals surface area contributed by atoms with Gasteiger partial charge in [0, 0.05) is 0 Å². The summed E-state index contributed by atoms with van der Waals surface area (Å²) < 4.78 is 76.3. The molecule has 0 aliphatic rings. The van der Waals surface area contributed by atoms with Crippen LogP contribution in [0.1, 0.15) is 20.3 Å². The van der Waals surface area contributed by atoms with E-state index in [1.165, 1.54) is 6.92 Å². The molecule has 0 bridgehead atoms. The lowest BCUT2D eigenvalue weighted by molar-refractivity contribution is -0.256. The first kappa shape index (κ1) is 15.9. The highest BCUT2D eigenvalue weighted by atomic mass is 19.4. The molecule has 0 aromatic rings. The van der Waals surface area contributed by atoms with E-state index < -0.39 is 30.6 Å². The highest BCUT2D eigenvalue weighted by Crippen LogP contribution is 2.33. The SMILES string of the molecule is CCC(C)OC(=O)NC(C(F)(F)F)C(F)(F)F. The van der Waals surface area contributed by atoms with Crippen molar-refractivity contribution in [3.63, 3.8) is 0 Å². The third kappa shape index (κ3) is 5.64. The number of hydrogen-bond acceptors (Lipinski definition) is 2. The summed E-state index contributed by atoms with van der Waals surface area (Å²) in [6.45, 7) is 2.90. The molecular formula is C8H11F6NO2. The van der Waals surface area contributed by atoms with Gasteiger partial charge in [-0.15, -0.1) is 0 Å². The molecule has 17 heavy (non-hydrogen) atoms. The number of halogens is 6. The Balaban J connectivity index is 4.63. The van der Waals surface area contributed by atoms with Gasteiger partial charge in [0.05, 0.1) is 0 Å². The van der Waals surface area contributed by atoms with Crippen molar-refractivity contribution in [3.8, 4) is 0 Å². The Hall–Kier alpha value is -1.15. The average molecular weight is 267 g/mol. The van der Waals surface area contributed by atoms with E-state index in [-0.39, 0.29) is 6.42 Å². The number of alkyl carbamates (subject to hydrolysis) is 1. The standard InChI is InChI=1S/C8H11F6NO2/c1-3-4(2)17-6(16)15-5(7(9,10)11)8(12,13)14/h4-5H,3H2,1-2H3,(H,15,16). The van der Waals surface area contributed by atoms with Crippen molar-refractivity contribution in [1.82, 2.24) is 5.32 Å². The average Bonchev–Trinajstić information content (AvgIpc) is 2.10. The Labute approximate surface area is 93.1 Å². The van der Waals surface area contributed by atoms with E-state index in [9.17, 15) is 31.1 Å². The molecule has 1 unspecified atom stereocenters. The molecule has 0 rings (SSSR count). The third-order valence-electron chi connectivity index (χ3n) is 1.80. The second kappa shape index (κ2) is 5.46. The van der Waals surface area contributed by atoms with Gasteiger partial charge in [0.25, 0.3) is 0 Å². The van der Waals surface area contributed by atoms with E-state index >= 15 is 0 Å². The molecule has 1 amide bonds. The van der Waals surface area contributed by atoms with Gasteiger partial charge in [-0.2, -0.15) is 26.3 Å². The van der Waals surface area contributed by atoms with Crippen molar-refractivity contribution in [2.75, 3.05) is 0 Å². The molecule has 0 saturated heterocycles. The van der Waals surface area contributed by atoms with Gasteiger partial charge in [0.2, 0.25) is 6.04 Å². The van der Waals surface area contributed by atoms with Crippen LogP contribution >= 0.6 is 0 Å². The molecule has 0 radical (unpaired) electrons. The largest absolute Gasteiger partial charge is 0.447 e. The number of rotatable bonds is 3. The van der Waals surface area contributed by atoms with Crippen LogP contribution in [0.25, 0.3) is 0 Å². The Morgan fingerprint density at radius 2 is 1.59 bits per heavy atom. The normalized spacial score (nSPS) is 14.6. The Kier molecular flexibility index (Phi) is 5.09. The molecule has 1 atom stereocenters. The molecule has 0 heterocycles. The van der Waals surface area contributed by atoms with Gasteiger partial charge in [-0.3, -0.25) is 0 Å². The summed E-state index contributed by atoms with van der Waals surface area (Å²) in [5.74, 6) is 0. The molecule has 1 N–H and O–H groups in total. The molecule has 102 valence electrons. The zero-order chi connectivity index (χ0) is 13.9. The molecule has 0 fully saturated rings. The zero-order valence-corrected chi connectivity index (χ0v) is 8.95. The second-order valence-corrected chi connectivity index (χ2v) is 3.28. The van der Waals surface area contributed by atoms with Crippen LogP contribution in [0.3, 0.4) is 0 Å². The van der Waals surface area contributed by atoms with Crippen molar-refractivity contribution in [3.05, 3.63) is 0 Å². The maximum Gasteiger partial charge on any atom is 0.417 e. The second-order valence-electron chi connectivity index (χ2n) is 3.28. The highest BCUT2D eigenvalue weighted by molar-refractivity contribution is 5.68. The monoisotopic (exact) mass is 267 g/mol. The molecular weight excluding hydrogens is 256 g/mol. The molecule has 0 saturated carbocycles. The quantitative estimate of drug-likeness (QED) is 0.798. The number of hydrogen-bond donors (Lipinski definition) is 1. The number of ether oxygens (including phenoxy) is 1. The fourth-order valence-corrected chi connectivity index (χ4v) is 0.767. The first-order valence-electron chi connectivity index (χ1n) is 4.59. The van der Waals surface area contributed by atoms with E-state index in [0.717, 1.165) is 5.32 Å². The predicted octanol–water partition coefficient (Wildman–Crippen LogP) is 3.00. The maximum atomic E-state index is 12.0. The minimum Gasteiger partial charge on any atom is -0.447 e. The van der Waals surface area contributed by atoms with Gasteiger partial charge < -0.3 is 10.1 Å². The molecule has 0 aliphatic heterocycles. The number of carbonyl (C=O) groups is 1. The van der Waals surface area contributed by atoms with Crippen molar-refractivity contribution in [1.29, 1.82) is 0 Å². The van der Waals surface area contributed by atoms with Crippen LogP contribution in [-0.4, -0.2) is 30.6 Å². The Morgan fingerprint density at radius 1 is 1.18 bits per heavy atom. The van der Waals surface area contributed by atoms with Gasteiger partial charge in [-0.25, -0.2) is 4.79 Å². The summed E-state index contributed by atoms with van der Waals surface area (Å²) >= 11 is 0. The van der Waals surface area contributed by atoms with Crippen LogP contribution in [-0.2, 0) is 4.74 Å². The number of nitrogens with one attached hydrogen (secondary N) is 1. The smallest absolute Gasteiger partial charge is 0.417 e. The lowest BCUT2D eigenvalue weighted by atomic mass is 10.3. The van der Waals surface area contributed by atoms with Crippen molar-refractivity contribution >= 4 is 6.09 Å². The lowest BCUT2D eigenvalue weighted by Crippen LogP contribution is -2.54. The highest BCUT2D eigenvalue weighted by Gasteiger charge is 2.57. The van der Waals surface area contributed by atoms with E-state index in [1.807, 2.05) is 0 Å². The van der Waals surface area contributed by atoms with Crippen LogP contribution in [0, 0.1) is 0 Å². The van der Waals surface area contributed by atoms with E-state index in [2.05, 4.69) is 4.74 Å². The third-order valence-corrected chi connectivity index (χ3v) is 1.80. The summed E-state index contributed by atoms with van der Waals surface area (Å²) in [4.78, 5) is 10.8. The lowest BCUT2D eigenvalue weighted by Gasteiger charge is -2.24. The molecule has 0 aromatic heterocycles. The molecule has 0 aromatic carbocycles. The summed E-state index contributed by atoms with van der Waals surface area (Å²) in [6, 6.07) is -3.92. The Morgan fingerprint density at radius 3 is 1.88 bits per heavy atom. The fraction of sp³-hybridized carbons (Fsp3) is 0.875. The maximum absolute atomic E-state index is 12.0. The molecule has 3 nitrogen and oxygen atoms in total. The van der Waals surface area contributed by atoms with Crippen LogP contribution in [0.15, 0.2) is 0 Å². The number of alkyl halides is 6. The van der Waals surface area contributed by atoms with Crippen molar-refractivity contribution < 1.29 is 35.9 Å². The topological polar surface area (TPSA) is 38.3 Å². The van der Waals surface area contributed by atoms with Crippen LogP contribution < -0.4 is 5.32 Å². The van der Waals surface area contributed by atoms with E-state index in [4.69, 9.17) is 0 Å². The summed E-state index contributed by atoms with van der Waals surface area (Å²) in [5, 5.41) is 0.751. The van der Waals surface area contributed by atoms with Gasteiger partial charge >= 0.3 is 18.4 Å². The first-order chi connectivity index (χ1) is 7.48. The van der Waals surface area contributed by atoms with Crippen LogP contribution in [0.5, 0.6) is 0 Å². The number of carbonyl (C=O) groups excluding carboxylic acids is 1. The van der Waals surface area contributed by atoms with Gasteiger partial charge in [-0.1, -0.05) is 6.92 Å². The van der Waals surface area contributed by atoms with Crippen LogP contribution in [0.2, 0.25) is 0 Å². The Bertz CT molecular complexity index is 248. The zero-order valence-electron chi connectivity index (χ0n) is 8.95. The summed E-state index contributed by atoms with van der Waals surface area (Å²) in [6.07, 6.45) is -13.5. The van der Waals surface area contributed by atoms with Gasteiger partial charge in [-0.05, 0) is 13.3 Å². The summed E-state index contributed by atoms with van der Waals surface area (Å²) in [7, 11) is 0. The van der Waals surface area contributed by atoms with Crippen molar-refractivity contribution in [2.45, 2.75) is 44.8 Å². The minimum absolute atomic E-state index is 0.274. The number of amides is 1. The minimum atomic E-state index is -5.62. The fourth-order valence-electron chi connectivity index (χ4n) is 0.767. The van der Waals surface area contributed by atoms with Crippen LogP contribution in [0.4, 0.5) is 31.1 Å². The van der Waals surface area contributed by atoms with Gasteiger partial charge in [0.1, 0.15) is 6.10 Å². The molecule has 0 aliphatic carbocycles. The summed E-state index contributed by atoms with van der Waals surface area (Å²) in [5.41, 5.74) is 0. The van der Waals surface area contributed by atoms with E-state index in [1.54, 1.807) is 6.92 Å². The molecule has 9 heteroatoms.